The monoisotopic (exact) mass is 329 g/mol. The molecule has 0 unspecified atom stereocenters. The second-order valence-electron chi connectivity index (χ2n) is 6.35. The van der Waals surface area contributed by atoms with Crippen molar-refractivity contribution in [1.82, 2.24) is 4.90 Å². The molecule has 2 aliphatic heterocycles. The Bertz CT molecular complexity index is 610. The van der Waals surface area contributed by atoms with Crippen molar-refractivity contribution < 1.29 is 19.1 Å². The van der Waals surface area contributed by atoms with E-state index in [2.05, 4.69) is 13.8 Å². The van der Waals surface area contributed by atoms with Crippen LogP contribution in [0.25, 0.3) is 0 Å². The highest BCUT2D eigenvalue weighted by Gasteiger charge is 2.44. The van der Waals surface area contributed by atoms with Gasteiger partial charge in [-0.15, -0.1) is 0 Å². The summed E-state index contributed by atoms with van der Waals surface area (Å²) < 4.78 is 12.1. The van der Waals surface area contributed by atoms with Gasteiger partial charge in [0, 0.05) is 18.1 Å². The summed E-state index contributed by atoms with van der Waals surface area (Å²) in [5.41, 5.74) is 1.07. The molecule has 24 heavy (non-hydrogen) atoms. The molecular weight excluding hydrogens is 306 g/mol. The molecule has 1 aromatic carbocycles. The lowest BCUT2D eigenvalue weighted by molar-refractivity contribution is -0.173. The fourth-order valence-electron chi connectivity index (χ4n) is 3.51. The molecule has 2 heterocycles. The fraction of sp³-hybridized carbons (Fsp3) is 0.474. The van der Waals surface area contributed by atoms with E-state index in [1.165, 1.54) is 17.1 Å². The average molecular weight is 329 g/mol. The minimum atomic E-state index is -0.387. The minimum absolute atomic E-state index is 0.0720. The Morgan fingerprint density at radius 1 is 1.17 bits per heavy atom. The Balaban J connectivity index is 1.78. The summed E-state index contributed by atoms with van der Waals surface area (Å²) >= 11 is 0. The third kappa shape index (κ3) is 3.28. The van der Waals surface area contributed by atoms with Gasteiger partial charge in [0.15, 0.2) is 0 Å². The summed E-state index contributed by atoms with van der Waals surface area (Å²) in [5, 5.41) is 0. The topological polar surface area (TPSA) is 55.8 Å². The van der Waals surface area contributed by atoms with Crippen molar-refractivity contribution in [3.8, 4) is 0 Å². The molecule has 1 fully saturated rings. The van der Waals surface area contributed by atoms with Crippen molar-refractivity contribution in [2.24, 2.45) is 5.92 Å². The molecule has 1 aromatic rings. The van der Waals surface area contributed by atoms with Gasteiger partial charge in [-0.3, -0.25) is 14.5 Å². The van der Waals surface area contributed by atoms with Crippen LogP contribution in [0.15, 0.2) is 42.5 Å². The fourth-order valence-corrected chi connectivity index (χ4v) is 3.51. The van der Waals surface area contributed by atoms with Crippen molar-refractivity contribution in [1.29, 1.82) is 0 Å². The first-order valence-electron chi connectivity index (χ1n) is 8.44. The highest BCUT2D eigenvalue weighted by atomic mass is 16.5. The van der Waals surface area contributed by atoms with Gasteiger partial charge in [-0.2, -0.15) is 0 Å². The number of imide groups is 1. The summed E-state index contributed by atoms with van der Waals surface area (Å²) in [7, 11) is 0. The molecule has 3 rings (SSSR count). The van der Waals surface area contributed by atoms with E-state index in [4.69, 9.17) is 9.47 Å². The van der Waals surface area contributed by atoms with Crippen molar-refractivity contribution in [3.05, 3.63) is 48.0 Å². The molecular formula is C19H23NO4. The number of ether oxygens (including phenoxy) is 2. The van der Waals surface area contributed by atoms with Crippen LogP contribution < -0.4 is 0 Å². The highest BCUT2D eigenvalue weighted by Crippen LogP contribution is 2.30. The van der Waals surface area contributed by atoms with Crippen LogP contribution >= 0.6 is 0 Å². The summed E-state index contributed by atoms with van der Waals surface area (Å²) in [6.07, 6.45) is 3.33. The molecule has 0 spiro atoms. The highest BCUT2D eigenvalue weighted by molar-refractivity contribution is 6.13. The van der Waals surface area contributed by atoms with Crippen LogP contribution in [-0.4, -0.2) is 41.6 Å². The molecule has 2 aliphatic rings. The average Bonchev–Trinajstić information content (AvgIpc) is 2.93. The van der Waals surface area contributed by atoms with Crippen LogP contribution in [-0.2, 0) is 25.7 Å². The molecule has 0 radical (unpaired) electrons. The number of carbonyl (C=O) groups is 2. The Morgan fingerprint density at radius 2 is 1.83 bits per heavy atom. The number of carbonyl (C=O) groups excluding carboxylic acids is 2. The van der Waals surface area contributed by atoms with Gasteiger partial charge in [-0.25, -0.2) is 0 Å². The van der Waals surface area contributed by atoms with Crippen LogP contribution in [0.3, 0.4) is 0 Å². The van der Waals surface area contributed by atoms with E-state index in [9.17, 15) is 9.59 Å². The van der Waals surface area contributed by atoms with Gasteiger partial charge < -0.3 is 9.47 Å². The standard InChI is InChI=1S/C19H23NO4/c1-3-16-13(2)19(24-11-14-7-5-4-6-8-14)15(12-23-16)20-17(21)9-10-18(20)22/h4-10,13,15-16,19H,3,11-12H2,1-2H3/t13-,15+,16+,19-/m0/s1. The predicted octanol–water partition coefficient (Wildman–Crippen LogP) is 2.31. The summed E-state index contributed by atoms with van der Waals surface area (Å²) in [6, 6.07) is 9.52. The van der Waals surface area contributed by atoms with Crippen molar-refractivity contribution in [2.45, 2.75) is 45.1 Å². The smallest absolute Gasteiger partial charge is 0.254 e. The third-order valence-corrected chi connectivity index (χ3v) is 4.83. The van der Waals surface area contributed by atoms with E-state index in [0.717, 1.165) is 12.0 Å². The Morgan fingerprint density at radius 3 is 2.46 bits per heavy atom. The lowest BCUT2D eigenvalue weighted by Gasteiger charge is -2.43. The van der Waals surface area contributed by atoms with Crippen LogP contribution in [0, 0.1) is 5.92 Å². The summed E-state index contributed by atoms with van der Waals surface area (Å²) in [5.74, 6) is -0.480. The van der Waals surface area contributed by atoms with Gasteiger partial charge in [0.25, 0.3) is 11.8 Å². The number of rotatable bonds is 5. The largest absolute Gasteiger partial charge is 0.376 e. The molecule has 4 atom stereocenters. The molecule has 128 valence electrons. The van der Waals surface area contributed by atoms with E-state index in [1.54, 1.807) is 0 Å². The van der Waals surface area contributed by atoms with E-state index in [0.29, 0.717) is 13.2 Å². The van der Waals surface area contributed by atoms with Crippen LogP contribution in [0.4, 0.5) is 0 Å². The zero-order valence-corrected chi connectivity index (χ0v) is 14.1. The minimum Gasteiger partial charge on any atom is -0.376 e. The molecule has 1 saturated heterocycles. The number of hydrogen-bond acceptors (Lipinski definition) is 4. The zero-order chi connectivity index (χ0) is 17.1. The lowest BCUT2D eigenvalue weighted by atomic mass is 9.87. The van der Waals surface area contributed by atoms with E-state index < -0.39 is 0 Å². The maximum absolute atomic E-state index is 12.1. The lowest BCUT2D eigenvalue weighted by Crippen LogP contribution is -2.58. The molecule has 0 N–H and O–H groups in total. The zero-order valence-electron chi connectivity index (χ0n) is 14.1. The van der Waals surface area contributed by atoms with Crippen molar-refractivity contribution in [3.63, 3.8) is 0 Å². The first-order valence-corrected chi connectivity index (χ1v) is 8.44. The molecule has 0 aliphatic carbocycles. The number of amides is 2. The predicted molar refractivity (Wildman–Crippen MR) is 89.0 cm³/mol. The van der Waals surface area contributed by atoms with Gasteiger partial charge in [-0.05, 0) is 12.0 Å². The van der Waals surface area contributed by atoms with Crippen LogP contribution in [0.2, 0.25) is 0 Å². The van der Waals surface area contributed by atoms with Gasteiger partial charge in [-0.1, -0.05) is 44.2 Å². The van der Waals surface area contributed by atoms with Gasteiger partial charge in [0.2, 0.25) is 0 Å². The van der Waals surface area contributed by atoms with Crippen LogP contribution in [0.1, 0.15) is 25.8 Å². The summed E-state index contributed by atoms with van der Waals surface area (Å²) in [4.78, 5) is 25.4. The second-order valence-corrected chi connectivity index (χ2v) is 6.35. The first kappa shape index (κ1) is 16.9. The number of hydrogen-bond donors (Lipinski definition) is 0. The summed E-state index contributed by atoms with van der Waals surface area (Å²) in [6.45, 7) is 4.91. The second kappa shape index (κ2) is 7.28. The molecule has 5 nitrogen and oxygen atoms in total. The van der Waals surface area contributed by atoms with E-state index >= 15 is 0 Å². The maximum Gasteiger partial charge on any atom is 0.254 e. The van der Waals surface area contributed by atoms with Gasteiger partial charge in [0.1, 0.15) is 0 Å². The molecule has 5 heteroatoms. The maximum atomic E-state index is 12.1. The normalized spacial score (nSPS) is 30.2. The van der Waals surface area contributed by atoms with Crippen molar-refractivity contribution >= 4 is 11.8 Å². The Labute approximate surface area is 142 Å². The van der Waals surface area contributed by atoms with Gasteiger partial charge in [0.05, 0.1) is 31.5 Å². The quantitative estimate of drug-likeness (QED) is 0.778. The molecule has 2 amide bonds. The number of nitrogens with zero attached hydrogens (tertiary/aromatic N) is 1. The van der Waals surface area contributed by atoms with Gasteiger partial charge >= 0.3 is 0 Å². The third-order valence-electron chi connectivity index (χ3n) is 4.83. The van der Waals surface area contributed by atoms with E-state index in [-0.39, 0.29) is 36.0 Å². The van der Waals surface area contributed by atoms with Crippen molar-refractivity contribution in [2.75, 3.05) is 6.61 Å². The molecule has 0 bridgehead atoms. The Hall–Kier alpha value is -1.98. The molecule has 0 saturated carbocycles. The first-order chi connectivity index (χ1) is 11.6. The Kier molecular flexibility index (Phi) is 5.11. The SMILES string of the molecule is CC[C@H]1OC[C@@H](N2C(=O)C=CC2=O)[C@@H](OCc2ccccc2)[C@H]1C. The molecule has 0 aromatic heterocycles. The van der Waals surface area contributed by atoms with E-state index in [1.807, 2.05) is 30.3 Å². The van der Waals surface area contributed by atoms with Crippen LogP contribution in [0.5, 0.6) is 0 Å². The number of benzene rings is 1.